The molecule has 1 N–H and O–H groups in total. The van der Waals surface area contributed by atoms with Crippen LogP contribution in [0.2, 0.25) is 15.1 Å². The van der Waals surface area contributed by atoms with Crippen molar-refractivity contribution in [1.29, 1.82) is 0 Å². The number of halogens is 3. The molecule has 2 aromatic rings. The van der Waals surface area contributed by atoms with E-state index in [0.29, 0.717) is 10.0 Å². The molecule has 0 saturated carbocycles. The van der Waals surface area contributed by atoms with Crippen molar-refractivity contribution in [2.45, 2.75) is 19.4 Å². The molecule has 0 amide bonds. The summed E-state index contributed by atoms with van der Waals surface area (Å²) in [6.07, 6.45) is 0.790. The number of benzene rings is 2. The lowest BCUT2D eigenvalue weighted by Gasteiger charge is -2.21. The molecule has 20 heavy (non-hydrogen) atoms. The summed E-state index contributed by atoms with van der Waals surface area (Å²) < 4.78 is 0. The molecular weight excluding hydrogens is 313 g/mol. The minimum Gasteiger partial charge on any atom is -0.310 e. The smallest absolute Gasteiger partial charge is 0.0468 e. The van der Waals surface area contributed by atoms with E-state index >= 15 is 0 Å². The van der Waals surface area contributed by atoms with Gasteiger partial charge in [0.25, 0.3) is 0 Å². The van der Waals surface area contributed by atoms with E-state index in [2.05, 4.69) is 18.3 Å². The Balaban J connectivity index is 2.32. The first kappa shape index (κ1) is 15.7. The van der Waals surface area contributed by atoms with E-state index in [1.165, 1.54) is 0 Å². The molecule has 1 atom stereocenters. The molecule has 4 heteroatoms. The minimum atomic E-state index is 0.0691. The standard InChI is InChI=1S/C16H16Cl3N/c1-2-20-15(10-11-5-3-6-12(17)9-11)16-13(18)7-4-8-14(16)19/h3-9,15,20H,2,10H2,1H3. The van der Waals surface area contributed by atoms with Crippen LogP contribution < -0.4 is 5.32 Å². The molecule has 0 spiro atoms. The quantitative estimate of drug-likeness (QED) is 0.760. The molecule has 0 aromatic heterocycles. The van der Waals surface area contributed by atoms with Crippen LogP contribution in [0.5, 0.6) is 0 Å². The maximum atomic E-state index is 6.31. The maximum absolute atomic E-state index is 6.31. The van der Waals surface area contributed by atoms with Gasteiger partial charge in [0, 0.05) is 26.7 Å². The Morgan fingerprint density at radius 1 is 1.00 bits per heavy atom. The van der Waals surface area contributed by atoms with Gasteiger partial charge in [0.15, 0.2) is 0 Å². The Morgan fingerprint density at radius 2 is 1.65 bits per heavy atom. The third-order valence-electron chi connectivity index (χ3n) is 3.13. The van der Waals surface area contributed by atoms with Gasteiger partial charge in [-0.15, -0.1) is 0 Å². The third-order valence-corrected chi connectivity index (χ3v) is 4.02. The fourth-order valence-corrected chi connectivity index (χ4v) is 3.14. The summed E-state index contributed by atoms with van der Waals surface area (Å²) in [5, 5.41) is 5.55. The third kappa shape index (κ3) is 3.89. The summed E-state index contributed by atoms with van der Waals surface area (Å²) in [5.74, 6) is 0. The normalized spacial score (nSPS) is 12.4. The van der Waals surface area contributed by atoms with Gasteiger partial charge >= 0.3 is 0 Å². The highest BCUT2D eigenvalue weighted by Gasteiger charge is 2.17. The Hall–Kier alpha value is -0.730. The SMILES string of the molecule is CCNC(Cc1cccc(Cl)c1)c1c(Cl)cccc1Cl. The van der Waals surface area contributed by atoms with Crippen LogP contribution in [0.1, 0.15) is 24.1 Å². The summed E-state index contributed by atoms with van der Waals surface area (Å²) in [7, 11) is 0. The zero-order valence-corrected chi connectivity index (χ0v) is 13.4. The van der Waals surface area contributed by atoms with Crippen molar-refractivity contribution in [2.75, 3.05) is 6.54 Å². The van der Waals surface area contributed by atoms with E-state index in [1.807, 2.05) is 36.4 Å². The summed E-state index contributed by atoms with van der Waals surface area (Å²) in [6.45, 7) is 2.91. The molecule has 0 radical (unpaired) electrons. The molecule has 0 heterocycles. The molecule has 0 saturated heterocycles. The van der Waals surface area contributed by atoms with Crippen LogP contribution in [0, 0.1) is 0 Å². The molecule has 1 unspecified atom stereocenters. The molecule has 0 aliphatic carbocycles. The van der Waals surface area contributed by atoms with E-state index in [0.717, 1.165) is 29.1 Å². The number of rotatable bonds is 5. The fraction of sp³-hybridized carbons (Fsp3) is 0.250. The summed E-state index contributed by atoms with van der Waals surface area (Å²) in [4.78, 5) is 0. The van der Waals surface area contributed by atoms with Crippen LogP contribution in [0.15, 0.2) is 42.5 Å². The molecular formula is C16H16Cl3N. The number of hydrogen-bond donors (Lipinski definition) is 1. The lowest BCUT2D eigenvalue weighted by molar-refractivity contribution is 0.550. The molecule has 1 nitrogen and oxygen atoms in total. The second-order valence-corrected chi connectivity index (χ2v) is 5.83. The number of nitrogens with one attached hydrogen (secondary N) is 1. The van der Waals surface area contributed by atoms with Crippen molar-refractivity contribution in [3.8, 4) is 0 Å². The van der Waals surface area contributed by atoms with E-state index in [-0.39, 0.29) is 6.04 Å². The van der Waals surface area contributed by atoms with Gasteiger partial charge in [0.2, 0.25) is 0 Å². The Kier molecular flexibility index (Phi) is 5.74. The van der Waals surface area contributed by atoms with Gasteiger partial charge in [0.1, 0.15) is 0 Å². The lowest BCUT2D eigenvalue weighted by Crippen LogP contribution is -2.23. The van der Waals surface area contributed by atoms with Crippen LogP contribution in [0.3, 0.4) is 0 Å². The number of likely N-dealkylation sites (N-methyl/N-ethyl adjacent to an activating group) is 1. The molecule has 0 fully saturated rings. The van der Waals surface area contributed by atoms with Crippen LogP contribution >= 0.6 is 34.8 Å². The van der Waals surface area contributed by atoms with Gasteiger partial charge in [0.05, 0.1) is 0 Å². The van der Waals surface area contributed by atoms with Crippen molar-refractivity contribution < 1.29 is 0 Å². The largest absolute Gasteiger partial charge is 0.310 e. The zero-order valence-electron chi connectivity index (χ0n) is 11.2. The Labute approximate surface area is 134 Å². The van der Waals surface area contributed by atoms with Crippen LogP contribution in [-0.2, 0) is 6.42 Å². The molecule has 0 aliphatic heterocycles. The highest BCUT2D eigenvalue weighted by Crippen LogP contribution is 2.32. The van der Waals surface area contributed by atoms with Crippen LogP contribution in [-0.4, -0.2) is 6.54 Å². The second kappa shape index (κ2) is 7.33. The van der Waals surface area contributed by atoms with E-state index < -0.39 is 0 Å². The topological polar surface area (TPSA) is 12.0 Å². The minimum absolute atomic E-state index is 0.0691. The first-order valence-corrected chi connectivity index (χ1v) is 7.67. The average Bonchev–Trinajstić information content (AvgIpc) is 2.38. The molecule has 2 aromatic carbocycles. The monoisotopic (exact) mass is 327 g/mol. The van der Waals surface area contributed by atoms with Gasteiger partial charge in [-0.05, 0) is 42.8 Å². The van der Waals surface area contributed by atoms with Crippen molar-refractivity contribution in [1.82, 2.24) is 5.32 Å². The fourth-order valence-electron chi connectivity index (χ4n) is 2.27. The van der Waals surface area contributed by atoms with Gasteiger partial charge in [-0.3, -0.25) is 0 Å². The van der Waals surface area contributed by atoms with Crippen molar-refractivity contribution in [2.24, 2.45) is 0 Å². The predicted molar refractivity (Wildman–Crippen MR) is 88.0 cm³/mol. The first-order valence-electron chi connectivity index (χ1n) is 6.53. The van der Waals surface area contributed by atoms with Crippen LogP contribution in [0.25, 0.3) is 0 Å². The lowest BCUT2D eigenvalue weighted by atomic mass is 9.98. The highest BCUT2D eigenvalue weighted by molar-refractivity contribution is 6.36. The maximum Gasteiger partial charge on any atom is 0.0468 e. The Morgan fingerprint density at radius 3 is 2.25 bits per heavy atom. The summed E-state index contributed by atoms with van der Waals surface area (Å²) >= 11 is 18.7. The number of hydrogen-bond acceptors (Lipinski definition) is 1. The van der Waals surface area contributed by atoms with Gasteiger partial charge in [-0.25, -0.2) is 0 Å². The van der Waals surface area contributed by atoms with E-state index in [1.54, 1.807) is 0 Å². The summed E-state index contributed by atoms with van der Waals surface area (Å²) in [6, 6.07) is 13.5. The molecule has 0 aliphatic rings. The van der Waals surface area contributed by atoms with Crippen LogP contribution in [0.4, 0.5) is 0 Å². The van der Waals surface area contributed by atoms with Gasteiger partial charge < -0.3 is 5.32 Å². The van der Waals surface area contributed by atoms with Crippen molar-refractivity contribution in [3.05, 3.63) is 68.7 Å². The predicted octanol–water partition coefficient (Wildman–Crippen LogP) is 5.54. The molecule has 0 bridgehead atoms. The Bertz CT molecular complexity index is 563. The van der Waals surface area contributed by atoms with Crippen molar-refractivity contribution in [3.63, 3.8) is 0 Å². The second-order valence-electron chi connectivity index (χ2n) is 4.58. The van der Waals surface area contributed by atoms with Gasteiger partial charge in [-0.1, -0.05) is 59.9 Å². The summed E-state index contributed by atoms with van der Waals surface area (Å²) in [5.41, 5.74) is 2.09. The zero-order chi connectivity index (χ0) is 14.5. The van der Waals surface area contributed by atoms with E-state index in [4.69, 9.17) is 34.8 Å². The van der Waals surface area contributed by atoms with Gasteiger partial charge in [-0.2, -0.15) is 0 Å². The van der Waals surface area contributed by atoms with E-state index in [9.17, 15) is 0 Å². The first-order chi connectivity index (χ1) is 9.61. The van der Waals surface area contributed by atoms with Crippen molar-refractivity contribution >= 4 is 34.8 Å². The molecule has 2 rings (SSSR count). The highest BCUT2D eigenvalue weighted by atomic mass is 35.5. The average molecular weight is 329 g/mol. The molecule has 106 valence electrons.